The summed E-state index contributed by atoms with van der Waals surface area (Å²) in [6.45, 7) is 8.98. The molecule has 0 aliphatic heterocycles. The summed E-state index contributed by atoms with van der Waals surface area (Å²) >= 11 is 8.26. The van der Waals surface area contributed by atoms with Gasteiger partial charge in [-0.05, 0) is 66.7 Å². The van der Waals surface area contributed by atoms with Crippen LogP contribution in [0.1, 0.15) is 71.0 Å². The molecule has 3 rings (SSSR count). The maximum absolute atomic E-state index is 12.7. The molecule has 1 aliphatic rings. The number of amides is 1. The van der Waals surface area contributed by atoms with Crippen LogP contribution in [0.15, 0.2) is 17.5 Å². The third-order valence-electron chi connectivity index (χ3n) is 5.96. The Hall–Kier alpha value is -1.77. The number of hydrogen-bond acceptors (Lipinski definition) is 6. The van der Waals surface area contributed by atoms with Gasteiger partial charge in [-0.25, -0.2) is 4.79 Å². The van der Waals surface area contributed by atoms with E-state index >= 15 is 0 Å². The smallest absolute Gasteiger partial charge is 0.341 e. The van der Waals surface area contributed by atoms with Gasteiger partial charge in [0.2, 0.25) is 0 Å². The van der Waals surface area contributed by atoms with Gasteiger partial charge < -0.3 is 10.1 Å². The van der Waals surface area contributed by atoms with Crippen molar-refractivity contribution in [2.45, 2.75) is 53.4 Å². The SMILES string of the molecule is CCOC(=O)c1c(NC(=S)NC(=O)c2cccs2)sc2c1CC[C@@H](C(C)(C)CC)C2. The number of thiophene rings is 2. The third kappa shape index (κ3) is 4.92. The molecule has 2 aromatic heterocycles. The number of nitrogens with one attached hydrogen (secondary N) is 2. The molecule has 0 fully saturated rings. The molecule has 0 radical (unpaired) electrons. The lowest BCUT2D eigenvalue weighted by Gasteiger charge is -2.36. The number of hydrogen-bond donors (Lipinski definition) is 2. The molecule has 5 nitrogen and oxygen atoms in total. The second-order valence-electron chi connectivity index (χ2n) is 8.10. The summed E-state index contributed by atoms with van der Waals surface area (Å²) in [7, 11) is 0. The number of fused-ring (bicyclic) bond motifs is 1. The Kier molecular flexibility index (Phi) is 7.31. The van der Waals surface area contributed by atoms with Crippen molar-refractivity contribution in [1.82, 2.24) is 5.32 Å². The summed E-state index contributed by atoms with van der Waals surface area (Å²) in [4.78, 5) is 26.8. The van der Waals surface area contributed by atoms with Gasteiger partial charge in [0.05, 0.1) is 17.0 Å². The van der Waals surface area contributed by atoms with Crippen molar-refractivity contribution in [3.8, 4) is 0 Å². The first-order valence-electron chi connectivity index (χ1n) is 10.2. The monoisotopic (exact) mass is 464 g/mol. The lowest BCUT2D eigenvalue weighted by Crippen LogP contribution is -2.33. The summed E-state index contributed by atoms with van der Waals surface area (Å²) < 4.78 is 5.33. The standard InChI is InChI=1S/C22H28N2O3S3/c1-5-22(3,4)13-9-10-14-16(12-13)30-19(17(14)20(26)27-6-2)24-21(28)23-18(25)15-8-7-11-29-15/h7-8,11,13H,5-6,9-10,12H2,1-4H3,(H2,23,24,25,28)/t13-/m1/s1. The number of anilines is 1. The maximum atomic E-state index is 12.7. The number of carbonyl (C=O) groups is 2. The quantitative estimate of drug-likeness (QED) is 0.427. The lowest BCUT2D eigenvalue weighted by atomic mass is 9.69. The minimum atomic E-state index is -0.335. The first kappa shape index (κ1) is 22.9. The maximum Gasteiger partial charge on any atom is 0.341 e. The molecule has 0 spiro atoms. The molecule has 1 atom stereocenters. The Morgan fingerprint density at radius 3 is 2.73 bits per heavy atom. The van der Waals surface area contributed by atoms with Crippen LogP contribution in [0.4, 0.5) is 5.00 Å². The van der Waals surface area contributed by atoms with E-state index in [1.54, 1.807) is 24.3 Å². The van der Waals surface area contributed by atoms with Crippen molar-refractivity contribution in [3.63, 3.8) is 0 Å². The zero-order valence-corrected chi connectivity index (χ0v) is 20.2. The van der Waals surface area contributed by atoms with E-state index in [1.807, 2.05) is 11.4 Å². The molecule has 30 heavy (non-hydrogen) atoms. The normalized spacial score (nSPS) is 15.9. The van der Waals surface area contributed by atoms with E-state index in [0.29, 0.717) is 28.0 Å². The van der Waals surface area contributed by atoms with Gasteiger partial charge in [-0.3, -0.25) is 10.1 Å². The van der Waals surface area contributed by atoms with Crippen LogP contribution in [0.3, 0.4) is 0 Å². The Morgan fingerprint density at radius 2 is 2.10 bits per heavy atom. The number of thiocarbonyl (C=S) groups is 1. The summed E-state index contributed by atoms with van der Waals surface area (Å²) in [5.74, 6) is -0.0219. The van der Waals surface area contributed by atoms with Crippen LogP contribution in [0.5, 0.6) is 0 Å². The molecule has 0 unspecified atom stereocenters. The zero-order valence-electron chi connectivity index (χ0n) is 17.8. The molecule has 2 N–H and O–H groups in total. The molecular formula is C22H28N2O3S3. The Labute approximate surface area is 191 Å². The van der Waals surface area contributed by atoms with Gasteiger partial charge in [0.15, 0.2) is 5.11 Å². The topological polar surface area (TPSA) is 67.4 Å². The zero-order chi connectivity index (χ0) is 21.9. The van der Waals surface area contributed by atoms with Crippen molar-refractivity contribution in [2.75, 3.05) is 11.9 Å². The van der Waals surface area contributed by atoms with Gasteiger partial charge in [0, 0.05) is 4.88 Å². The van der Waals surface area contributed by atoms with E-state index in [-0.39, 0.29) is 22.4 Å². The molecular weight excluding hydrogens is 436 g/mol. The number of rotatable bonds is 6. The molecule has 0 saturated carbocycles. The van der Waals surface area contributed by atoms with Crippen LogP contribution < -0.4 is 10.6 Å². The van der Waals surface area contributed by atoms with Gasteiger partial charge >= 0.3 is 5.97 Å². The molecule has 0 bridgehead atoms. The molecule has 0 aromatic carbocycles. The van der Waals surface area contributed by atoms with Gasteiger partial charge in [-0.1, -0.05) is 33.3 Å². The Morgan fingerprint density at radius 1 is 1.33 bits per heavy atom. The average Bonchev–Trinajstić information content (AvgIpc) is 3.35. The van der Waals surface area contributed by atoms with Crippen LogP contribution in [-0.2, 0) is 17.6 Å². The molecule has 1 aliphatic carbocycles. The summed E-state index contributed by atoms with van der Waals surface area (Å²) in [6.07, 6.45) is 3.97. The Bertz CT molecular complexity index is 932. The average molecular weight is 465 g/mol. The summed E-state index contributed by atoms with van der Waals surface area (Å²) in [6, 6.07) is 3.56. The highest BCUT2D eigenvalue weighted by Gasteiger charge is 2.35. The lowest BCUT2D eigenvalue weighted by molar-refractivity contribution is 0.0526. The van der Waals surface area contributed by atoms with Crippen molar-refractivity contribution in [1.29, 1.82) is 0 Å². The van der Waals surface area contributed by atoms with Gasteiger partial charge in [0.1, 0.15) is 5.00 Å². The fourth-order valence-electron chi connectivity index (χ4n) is 3.76. The van der Waals surface area contributed by atoms with Crippen LogP contribution in [0.2, 0.25) is 0 Å². The molecule has 162 valence electrons. The van der Waals surface area contributed by atoms with Gasteiger partial charge in [-0.2, -0.15) is 0 Å². The number of ether oxygens (including phenoxy) is 1. The van der Waals surface area contributed by atoms with E-state index in [1.165, 1.54) is 16.2 Å². The second kappa shape index (κ2) is 9.58. The first-order chi connectivity index (χ1) is 14.3. The largest absolute Gasteiger partial charge is 0.462 e. The molecule has 2 heterocycles. The van der Waals surface area contributed by atoms with Crippen LogP contribution in [-0.4, -0.2) is 23.6 Å². The molecule has 2 aromatic rings. The minimum absolute atomic E-state index is 0.183. The predicted molar refractivity (Wildman–Crippen MR) is 128 cm³/mol. The van der Waals surface area contributed by atoms with Crippen molar-refractivity contribution >= 4 is 56.9 Å². The third-order valence-corrected chi connectivity index (χ3v) is 8.20. The van der Waals surface area contributed by atoms with Crippen molar-refractivity contribution in [2.24, 2.45) is 11.3 Å². The van der Waals surface area contributed by atoms with Gasteiger partial charge in [0.25, 0.3) is 5.91 Å². The highest BCUT2D eigenvalue weighted by atomic mass is 32.1. The van der Waals surface area contributed by atoms with Crippen LogP contribution in [0.25, 0.3) is 0 Å². The van der Waals surface area contributed by atoms with E-state index < -0.39 is 0 Å². The molecule has 8 heteroatoms. The van der Waals surface area contributed by atoms with E-state index in [9.17, 15) is 9.59 Å². The van der Waals surface area contributed by atoms with Crippen molar-refractivity contribution < 1.29 is 14.3 Å². The van der Waals surface area contributed by atoms with E-state index in [0.717, 1.165) is 31.2 Å². The molecule has 0 saturated heterocycles. The first-order valence-corrected chi connectivity index (χ1v) is 12.3. The number of esters is 1. The predicted octanol–water partition coefficient (Wildman–Crippen LogP) is 5.65. The van der Waals surface area contributed by atoms with E-state index in [4.69, 9.17) is 17.0 Å². The van der Waals surface area contributed by atoms with Gasteiger partial charge in [-0.15, -0.1) is 22.7 Å². The molecule has 1 amide bonds. The van der Waals surface area contributed by atoms with Crippen molar-refractivity contribution in [3.05, 3.63) is 38.4 Å². The van der Waals surface area contributed by atoms with E-state index in [2.05, 4.69) is 31.4 Å². The Balaban J connectivity index is 1.84. The van der Waals surface area contributed by atoms with Crippen LogP contribution >= 0.6 is 34.9 Å². The number of carbonyl (C=O) groups excluding carboxylic acids is 2. The highest BCUT2D eigenvalue weighted by molar-refractivity contribution is 7.80. The minimum Gasteiger partial charge on any atom is -0.462 e. The fourth-order valence-corrected chi connectivity index (χ4v) is 5.95. The van der Waals surface area contributed by atoms with Crippen LogP contribution in [0, 0.1) is 11.3 Å². The summed E-state index contributed by atoms with van der Waals surface area (Å²) in [5.41, 5.74) is 1.89. The fraction of sp³-hybridized carbons (Fsp3) is 0.500. The highest BCUT2D eigenvalue weighted by Crippen LogP contribution is 2.45. The second-order valence-corrected chi connectivity index (χ2v) is 10.6. The summed E-state index contributed by atoms with van der Waals surface area (Å²) in [5, 5.41) is 8.47.